The Morgan fingerprint density at radius 1 is 0.871 bits per heavy atom. The number of nitro groups is 1. The smallest absolute Gasteiger partial charge is 0.273 e. The Balaban J connectivity index is 1.51. The molecular weight excluding hydrogens is 390 g/mol. The molecule has 0 N–H and O–H groups in total. The summed E-state index contributed by atoms with van der Waals surface area (Å²) in [5.74, 6) is -0.154. The second-order valence-corrected chi connectivity index (χ2v) is 7.81. The maximum Gasteiger partial charge on any atom is 0.273 e. The zero-order chi connectivity index (χ0) is 21.8. The fourth-order valence-corrected chi connectivity index (χ4v) is 4.19. The summed E-state index contributed by atoms with van der Waals surface area (Å²) in [7, 11) is 0. The van der Waals surface area contributed by atoms with E-state index in [1.54, 1.807) is 24.0 Å². The molecule has 1 fully saturated rings. The predicted octanol–water partition coefficient (Wildman–Crippen LogP) is 4.45. The van der Waals surface area contributed by atoms with Crippen LogP contribution in [0.4, 0.5) is 5.69 Å². The van der Waals surface area contributed by atoms with Crippen LogP contribution in [-0.2, 0) is 0 Å². The van der Waals surface area contributed by atoms with Crippen molar-refractivity contribution in [2.24, 2.45) is 0 Å². The van der Waals surface area contributed by atoms with Crippen molar-refractivity contribution in [3.8, 4) is 0 Å². The van der Waals surface area contributed by atoms with Gasteiger partial charge in [0.05, 0.1) is 11.0 Å². The van der Waals surface area contributed by atoms with E-state index in [0.717, 1.165) is 13.1 Å². The van der Waals surface area contributed by atoms with Crippen molar-refractivity contribution in [1.82, 2.24) is 9.80 Å². The number of amides is 1. The van der Waals surface area contributed by atoms with Crippen molar-refractivity contribution < 1.29 is 9.72 Å². The molecule has 1 heterocycles. The van der Waals surface area contributed by atoms with Crippen LogP contribution < -0.4 is 0 Å². The van der Waals surface area contributed by atoms with E-state index in [1.165, 1.54) is 17.2 Å². The van der Waals surface area contributed by atoms with Crippen LogP contribution in [0, 0.1) is 17.0 Å². The van der Waals surface area contributed by atoms with Crippen LogP contribution in [0.2, 0.25) is 0 Å². The maximum absolute atomic E-state index is 13.0. The Hall–Kier alpha value is -3.51. The van der Waals surface area contributed by atoms with Gasteiger partial charge >= 0.3 is 0 Å². The molecule has 3 aromatic rings. The van der Waals surface area contributed by atoms with Gasteiger partial charge in [-0.1, -0.05) is 66.7 Å². The summed E-state index contributed by atoms with van der Waals surface area (Å²) < 4.78 is 0. The van der Waals surface area contributed by atoms with Gasteiger partial charge in [-0.3, -0.25) is 19.8 Å². The van der Waals surface area contributed by atoms with E-state index in [9.17, 15) is 14.9 Å². The van der Waals surface area contributed by atoms with Gasteiger partial charge in [0.1, 0.15) is 0 Å². The normalized spacial score (nSPS) is 14.6. The number of benzene rings is 3. The molecule has 3 aromatic carbocycles. The number of hydrogen-bond acceptors (Lipinski definition) is 4. The quantitative estimate of drug-likeness (QED) is 0.456. The second-order valence-electron chi connectivity index (χ2n) is 7.81. The summed E-state index contributed by atoms with van der Waals surface area (Å²) in [6.45, 7) is 4.30. The van der Waals surface area contributed by atoms with Gasteiger partial charge in [-0.05, 0) is 24.1 Å². The fourth-order valence-electron chi connectivity index (χ4n) is 4.19. The molecule has 31 heavy (non-hydrogen) atoms. The van der Waals surface area contributed by atoms with Crippen molar-refractivity contribution in [3.63, 3.8) is 0 Å². The molecule has 6 heteroatoms. The molecule has 0 aliphatic carbocycles. The number of rotatable bonds is 5. The number of carbonyl (C=O) groups excluding carboxylic acids is 1. The van der Waals surface area contributed by atoms with E-state index in [1.807, 2.05) is 12.1 Å². The molecule has 0 bridgehead atoms. The summed E-state index contributed by atoms with van der Waals surface area (Å²) in [5, 5.41) is 11.2. The van der Waals surface area contributed by atoms with Gasteiger partial charge in [0.25, 0.3) is 11.6 Å². The van der Waals surface area contributed by atoms with Crippen LogP contribution in [0.5, 0.6) is 0 Å². The maximum atomic E-state index is 13.0. The lowest BCUT2D eigenvalue weighted by Gasteiger charge is -2.39. The summed E-state index contributed by atoms with van der Waals surface area (Å²) in [4.78, 5) is 28.0. The molecule has 1 aliphatic heterocycles. The first-order chi connectivity index (χ1) is 15.0. The third-order valence-corrected chi connectivity index (χ3v) is 5.85. The topological polar surface area (TPSA) is 66.7 Å². The molecule has 0 atom stereocenters. The summed E-state index contributed by atoms with van der Waals surface area (Å²) in [6, 6.07) is 25.6. The Morgan fingerprint density at radius 2 is 1.42 bits per heavy atom. The highest BCUT2D eigenvalue weighted by molar-refractivity contribution is 5.95. The average Bonchev–Trinajstić information content (AvgIpc) is 2.81. The lowest BCUT2D eigenvalue weighted by molar-refractivity contribution is -0.385. The molecule has 6 nitrogen and oxygen atoms in total. The molecule has 1 aliphatic rings. The van der Waals surface area contributed by atoms with Crippen LogP contribution >= 0.6 is 0 Å². The van der Waals surface area contributed by atoms with Gasteiger partial charge < -0.3 is 4.90 Å². The third kappa shape index (κ3) is 4.49. The molecular formula is C25H25N3O3. The van der Waals surface area contributed by atoms with Gasteiger partial charge in [-0.2, -0.15) is 0 Å². The van der Waals surface area contributed by atoms with Crippen molar-refractivity contribution in [3.05, 3.63) is 111 Å². The Morgan fingerprint density at radius 3 is 1.94 bits per heavy atom. The van der Waals surface area contributed by atoms with Gasteiger partial charge in [0, 0.05) is 43.4 Å². The zero-order valence-electron chi connectivity index (χ0n) is 17.5. The fraction of sp³-hybridized carbons (Fsp3) is 0.240. The van der Waals surface area contributed by atoms with E-state index in [-0.39, 0.29) is 17.6 Å². The third-order valence-electron chi connectivity index (χ3n) is 5.85. The number of nitrogens with zero attached hydrogens (tertiary/aromatic N) is 3. The standard InChI is InChI=1S/C25H25N3O3/c1-19-12-13-22(18-23(19)28(30)31)25(29)27-16-14-26(15-17-27)24(20-8-4-2-5-9-20)21-10-6-3-7-11-21/h2-13,18,24H,14-17H2,1H3. The minimum atomic E-state index is -0.436. The molecule has 0 aromatic heterocycles. The largest absolute Gasteiger partial charge is 0.336 e. The van der Waals surface area contributed by atoms with Crippen LogP contribution in [0.1, 0.15) is 33.1 Å². The zero-order valence-corrected chi connectivity index (χ0v) is 17.5. The van der Waals surface area contributed by atoms with E-state index >= 15 is 0 Å². The number of hydrogen-bond donors (Lipinski definition) is 0. The summed E-state index contributed by atoms with van der Waals surface area (Å²) >= 11 is 0. The Labute approximate surface area is 181 Å². The summed E-state index contributed by atoms with van der Waals surface area (Å²) in [5.41, 5.74) is 3.36. The molecule has 0 spiro atoms. The lowest BCUT2D eigenvalue weighted by Crippen LogP contribution is -2.49. The van der Waals surface area contributed by atoms with Crippen LogP contribution in [0.25, 0.3) is 0 Å². The van der Waals surface area contributed by atoms with Crippen LogP contribution in [0.15, 0.2) is 78.9 Å². The SMILES string of the molecule is Cc1ccc(C(=O)N2CCN(C(c3ccccc3)c3ccccc3)CC2)cc1[N+](=O)[O-]. The van der Waals surface area contributed by atoms with Gasteiger partial charge in [-0.15, -0.1) is 0 Å². The highest BCUT2D eigenvalue weighted by Gasteiger charge is 2.29. The minimum Gasteiger partial charge on any atom is -0.336 e. The van der Waals surface area contributed by atoms with E-state index in [0.29, 0.717) is 24.2 Å². The van der Waals surface area contributed by atoms with E-state index < -0.39 is 4.92 Å². The highest BCUT2D eigenvalue weighted by atomic mass is 16.6. The van der Waals surface area contributed by atoms with Crippen LogP contribution in [0.3, 0.4) is 0 Å². The monoisotopic (exact) mass is 415 g/mol. The first-order valence-electron chi connectivity index (χ1n) is 10.4. The molecule has 4 rings (SSSR count). The van der Waals surface area contributed by atoms with Crippen molar-refractivity contribution in [2.75, 3.05) is 26.2 Å². The molecule has 1 amide bonds. The Bertz CT molecular complexity index is 1020. The van der Waals surface area contributed by atoms with Crippen molar-refractivity contribution in [1.29, 1.82) is 0 Å². The van der Waals surface area contributed by atoms with Gasteiger partial charge in [-0.25, -0.2) is 0 Å². The molecule has 0 radical (unpaired) electrons. The predicted molar refractivity (Wildman–Crippen MR) is 120 cm³/mol. The second kappa shape index (κ2) is 9.10. The summed E-state index contributed by atoms with van der Waals surface area (Å²) in [6.07, 6.45) is 0. The first-order valence-corrected chi connectivity index (χ1v) is 10.4. The number of aryl methyl sites for hydroxylation is 1. The van der Waals surface area contributed by atoms with E-state index in [2.05, 4.69) is 53.4 Å². The Kier molecular flexibility index (Phi) is 6.09. The van der Waals surface area contributed by atoms with Crippen LogP contribution in [-0.4, -0.2) is 46.8 Å². The van der Waals surface area contributed by atoms with Gasteiger partial charge in [0.2, 0.25) is 0 Å². The number of piperazine rings is 1. The number of nitro benzene ring substituents is 1. The molecule has 1 saturated heterocycles. The number of carbonyl (C=O) groups is 1. The minimum absolute atomic E-state index is 0.0160. The molecule has 0 unspecified atom stereocenters. The molecule has 158 valence electrons. The van der Waals surface area contributed by atoms with E-state index in [4.69, 9.17) is 0 Å². The highest BCUT2D eigenvalue weighted by Crippen LogP contribution is 2.30. The van der Waals surface area contributed by atoms with Crippen molar-refractivity contribution in [2.45, 2.75) is 13.0 Å². The molecule has 0 saturated carbocycles. The average molecular weight is 415 g/mol. The van der Waals surface area contributed by atoms with Crippen molar-refractivity contribution >= 4 is 11.6 Å². The lowest BCUT2D eigenvalue weighted by atomic mass is 9.96. The first kappa shape index (κ1) is 20.8. The van der Waals surface area contributed by atoms with Gasteiger partial charge in [0.15, 0.2) is 0 Å².